The summed E-state index contributed by atoms with van der Waals surface area (Å²) in [7, 11) is 0. The zero-order chi connectivity index (χ0) is 33.4. The number of phenols is 1. The van der Waals surface area contributed by atoms with Crippen molar-refractivity contribution in [2.75, 3.05) is 37.7 Å². The molecular formula is C38H48FN5O4. The van der Waals surface area contributed by atoms with Crippen molar-refractivity contribution >= 4 is 22.7 Å². The molecule has 1 aliphatic carbocycles. The van der Waals surface area contributed by atoms with Crippen LogP contribution in [0.1, 0.15) is 82.5 Å². The highest BCUT2D eigenvalue weighted by molar-refractivity contribution is 5.87. The van der Waals surface area contributed by atoms with Gasteiger partial charge in [0.25, 0.3) is 0 Å². The van der Waals surface area contributed by atoms with Gasteiger partial charge in [-0.3, -0.25) is 9.80 Å². The SMILES string of the molecule is CC1Cc2c(nc(OC[C@@]34CCCN3C[C@H](F)C4)nc2N2C[C@H]3CC[C@@H](C2)N3C(=O)OC(C)(C)C)CC1c1cc(O)cc2ccccc12. The van der Waals surface area contributed by atoms with Gasteiger partial charge in [0, 0.05) is 31.6 Å². The third-order valence-corrected chi connectivity index (χ3v) is 11.6. The van der Waals surface area contributed by atoms with Crippen LogP contribution >= 0.6 is 0 Å². The number of rotatable bonds is 5. The smallest absolute Gasteiger partial charge is 0.410 e. The van der Waals surface area contributed by atoms with Crippen molar-refractivity contribution in [3.63, 3.8) is 0 Å². The molecule has 2 unspecified atom stereocenters. The van der Waals surface area contributed by atoms with Crippen LogP contribution in [0.25, 0.3) is 10.8 Å². The number of aromatic hydroxyl groups is 1. The lowest BCUT2D eigenvalue weighted by molar-refractivity contribution is 0.0122. The van der Waals surface area contributed by atoms with Crippen LogP contribution in [-0.2, 0) is 17.6 Å². The average Bonchev–Trinajstić information content (AvgIpc) is 3.65. The Hall–Kier alpha value is -3.66. The van der Waals surface area contributed by atoms with Gasteiger partial charge >= 0.3 is 12.1 Å². The fourth-order valence-corrected chi connectivity index (χ4v) is 9.46. The standard InChI is InChI=1S/C38H48FN5O4/c1-23-14-32-33(17-30(23)31-16-28(45)15-24-8-5-6-9-29(24)31)40-35(47-22-38-12-7-13-43(38)19-25(39)18-38)41-34(32)42-20-26-10-11-27(21-42)44(26)36(46)48-37(2,3)4/h5-6,8-9,15-16,23,25-27,30,45H,7,10-14,17-22H2,1-4H3/t23?,25-,26-,27+,30?,38+/m1/s1. The molecule has 256 valence electrons. The first-order chi connectivity index (χ1) is 23.0. The molecule has 5 aliphatic rings. The molecular weight excluding hydrogens is 609 g/mol. The molecule has 4 fully saturated rings. The number of fused-ring (bicyclic) bond motifs is 5. The number of amides is 1. The van der Waals surface area contributed by atoms with Gasteiger partial charge in [-0.05, 0) is 106 Å². The maximum Gasteiger partial charge on any atom is 0.410 e. The normalized spacial score (nSPS) is 30.1. The second-order valence-corrected chi connectivity index (χ2v) is 16.0. The number of hydrogen-bond donors (Lipinski definition) is 1. The van der Waals surface area contributed by atoms with Crippen molar-refractivity contribution in [3.8, 4) is 11.8 Å². The maximum atomic E-state index is 14.6. The third-order valence-electron chi connectivity index (χ3n) is 11.6. The number of carbonyl (C=O) groups excluding carboxylic acids is 1. The Bertz CT molecular complexity index is 1720. The number of aromatic nitrogens is 2. The van der Waals surface area contributed by atoms with E-state index in [1.54, 1.807) is 0 Å². The number of hydrogen-bond acceptors (Lipinski definition) is 8. The van der Waals surface area contributed by atoms with E-state index in [4.69, 9.17) is 19.4 Å². The van der Waals surface area contributed by atoms with Gasteiger partial charge in [0.05, 0.1) is 23.3 Å². The van der Waals surface area contributed by atoms with Crippen molar-refractivity contribution in [2.45, 2.75) is 108 Å². The molecule has 1 amide bonds. The van der Waals surface area contributed by atoms with Crippen molar-refractivity contribution in [1.29, 1.82) is 0 Å². The van der Waals surface area contributed by atoms with Crippen LogP contribution in [-0.4, -0.2) is 93.1 Å². The Kier molecular flexibility index (Phi) is 7.73. The molecule has 2 bridgehead atoms. The van der Waals surface area contributed by atoms with E-state index in [0.717, 1.165) is 72.1 Å². The number of halogens is 1. The van der Waals surface area contributed by atoms with E-state index in [9.17, 15) is 14.3 Å². The third kappa shape index (κ3) is 5.63. The molecule has 10 heteroatoms. The highest BCUT2D eigenvalue weighted by Crippen LogP contribution is 2.45. The molecule has 0 spiro atoms. The first-order valence-electron chi connectivity index (χ1n) is 17.9. The minimum atomic E-state index is -0.829. The molecule has 2 aromatic carbocycles. The van der Waals surface area contributed by atoms with Crippen molar-refractivity contribution in [3.05, 3.63) is 53.2 Å². The minimum Gasteiger partial charge on any atom is -0.508 e. The summed E-state index contributed by atoms with van der Waals surface area (Å²) in [5.41, 5.74) is 2.41. The fraction of sp³-hybridized carbons (Fsp3) is 0.605. The van der Waals surface area contributed by atoms with E-state index >= 15 is 0 Å². The Labute approximate surface area is 282 Å². The number of nitrogens with zero attached hydrogens (tertiary/aromatic N) is 5. The number of ether oxygens (including phenoxy) is 2. The van der Waals surface area contributed by atoms with Crippen LogP contribution in [0.2, 0.25) is 0 Å². The van der Waals surface area contributed by atoms with Crippen LogP contribution in [0, 0.1) is 5.92 Å². The monoisotopic (exact) mass is 657 g/mol. The molecule has 6 atom stereocenters. The summed E-state index contributed by atoms with van der Waals surface area (Å²) in [6.07, 6.45) is 4.76. The number of carbonyl (C=O) groups is 1. The molecule has 5 heterocycles. The number of anilines is 1. The quantitative estimate of drug-likeness (QED) is 0.337. The molecule has 8 rings (SSSR count). The number of benzene rings is 2. The lowest BCUT2D eigenvalue weighted by Gasteiger charge is -2.43. The zero-order valence-corrected chi connectivity index (χ0v) is 28.6. The number of piperazine rings is 1. The van der Waals surface area contributed by atoms with Gasteiger partial charge < -0.3 is 19.5 Å². The lowest BCUT2D eigenvalue weighted by atomic mass is 9.74. The summed E-state index contributed by atoms with van der Waals surface area (Å²) in [5.74, 6) is 1.60. The lowest BCUT2D eigenvalue weighted by Crippen LogP contribution is -2.57. The average molecular weight is 658 g/mol. The van der Waals surface area contributed by atoms with Gasteiger partial charge in [-0.15, -0.1) is 0 Å². The van der Waals surface area contributed by atoms with Gasteiger partial charge in [0.15, 0.2) is 0 Å². The van der Waals surface area contributed by atoms with Crippen LogP contribution in [0.5, 0.6) is 11.8 Å². The summed E-state index contributed by atoms with van der Waals surface area (Å²) in [6.45, 7) is 11.1. The predicted molar refractivity (Wildman–Crippen MR) is 183 cm³/mol. The summed E-state index contributed by atoms with van der Waals surface area (Å²) in [5, 5.41) is 12.9. The van der Waals surface area contributed by atoms with E-state index in [-0.39, 0.29) is 41.3 Å². The summed E-state index contributed by atoms with van der Waals surface area (Å²) in [4.78, 5) is 30.0. The van der Waals surface area contributed by atoms with E-state index in [2.05, 4.69) is 28.9 Å². The Balaban J connectivity index is 1.14. The topological polar surface area (TPSA) is 91.3 Å². The highest BCUT2D eigenvalue weighted by atomic mass is 19.1. The van der Waals surface area contributed by atoms with E-state index in [1.165, 1.54) is 0 Å². The molecule has 0 saturated carbocycles. The molecule has 4 saturated heterocycles. The summed E-state index contributed by atoms with van der Waals surface area (Å²) < 4.78 is 26.9. The van der Waals surface area contributed by atoms with E-state index < -0.39 is 11.8 Å². The first kappa shape index (κ1) is 31.6. The molecule has 3 aromatic rings. The van der Waals surface area contributed by atoms with Gasteiger partial charge in [0.1, 0.15) is 29.9 Å². The number of alkyl halides is 1. The van der Waals surface area contributed by atoms with Crippen LogP contribution in [0.3, 0.4) is 0 Å². The van der Waals surface area contributed by atoms with Gasteiger partial charge in [0.2, 0.25) is 0 Å². The Morgan fingerprint density at radius 2 is 1.85 bits per heavy atom. The largest absolute Gasteiger partial charge is 0.508 e. The zero-order valence-electron chi connectivity index (χ0n) is 28.6. The fourth-order valence-electron chi connectivity index (χ4n) is 9.46. The van der Waals surface area contributed by atoms with Crippen LogP contribution in [0.15, 0.2) is 36.4 Å². The van der Waals surface area contributed by atoms with Gasteiger partial charge in [-0.2, -0.15) is 9.97 Å². The predicted octanol–water partition coefficient (Wildman–Crippen LogP) is 6.40. The molecule has 1 N–H and O–H groups in total. The van der Waals surface area contributed by atoms with E-state index in [1.807, 2.05) is 49.9 Å². The van der Waals surface area contributed by atoms with Gasteiger partial charge in [-0.1, -0.05) is 31.2 Å². The highest BCUT2D eigenvalue weighted by Gasteiger charge is 2.50. The summed E-state index contributed by atoms with van der Waals surface area (Å²) >= 11 is 0. The van der Waals surface area contributed by atoms with Crippen molar-refractivity contribution in [1.82, 2.24) is 19.8 Å². The first-order valence-corrected chi connectivity index (χ1v) is 17.9. The maximum absolute atomic E-state index is 14.6. The summed E-state index contributed by atoms with van der Waals surface area (Å²) in [6, 6.07) is 12.4. The second kappa shape index (κ2) is 11.7. The van der Waals surface area contributed by atoms with E-state index in [0.29, 0.717) is 45.1 Å². The van der Waals surface area contributed by atoms with Crippen LogP contribution < -0.4 is 9.64 Å². The molecule has 9 nitrogen and oxygen atoms in total. The molecule has 4 aliphatic heterocycles. The van der Waals surface area contributed by atoms with Crippen molar-refractivity contribution in [2.24, 2.45) is 5.92 Å². The molecule has 1 aromatic heterocycles. The Morgan fingerprint density at radius 1 is 1.08 bits per heavy atom. The molecule has 0 radical (unpaired) electrons. The van der Waals surface area contributed by atoms with Crippen molar-refractivity contribution < 1.29 is 23.8 Å². The number of phenolic OH excluding ortho intramolecular Hbond substituents is 1. The van der Waals surface area contributed by atoms with Crippen LogP contribution in [0.4, 0.5) is 15.0 Å². The van der Waals surface area contributed by atoms with Gasteiger partial charge in [-0.25, -0.2) is 9.18 Å². The minimum absolute atomic E-state index is 0.0481. The Morgan fingerprint density at radius 3 is 2.62 bits per heavy atom. The molecule has 48 heavy (non-hydrogen) atoms. The second-order valence-electron chi connectivity index (χ2n) is 16.0.